The van der Waals surface area contributed by atoms with Crippen LogP contribution in [0.25, 0.3) is 0 Å². The van der Waals surface area contributed by atoms with E-state index in [1.807, 2.05) is 6.07 Å². The predicted molar refractivity (Wildman–Crippen MR) is 94.9 cm³/mol. The number of aromatic nitrogens is 2. The lowest BCUT2D eigenvalue weighted by molar-refractivity contribution is 0.239. The number of hydrogen-bond donors (Lipinski definition) is 1. The van der Waals surface area contributed by atoms with Crippen LogP contribution in [-0.4, -0.2) is 21.4 Å². The van der Waals surface area contributed by atoms with Gasteiger partial charge in [-0.1, -0.05) is 49.6 Å². The molecule has 1 aliphatic carbocycles. The molecule has 0 atom stereocenters. The van der Waals surface area contributed by atoms with Crippen molar-refractivity contribution in [2.75, 3.05) is 6.54 Å². The molecule has 0 unspecified atom stereocenters. The molecule has 0 radical (unpaired) electrons. The zero-order chi connectivity index (χ0) is 16.4. The smallest absolute Gasteiger partial charge is 0.254 e. The van der Waals surface area contributed by atoms with E-state index >= 15 is 0 Å². The molecule has 1 saturated carbocycles. The molecule has 2 aromatic rings. The Bertz CT molecular complexity index is 747. The Morgan fingerprint density at radius 3 is 2.71 bits per heavy atom. The average Bonchev–Trinajstić information content (AvgIpc) is 2.63. The van der Waals surface area contributed by atoms with E-state index < -0.39 is 0 Å². The van der Waals surface area contributed by atoms with Crippen LogP contribution in [0.5, 0.6) is 0 Å². The van der Waals surface area contributed by atoms with Crippen molar-refractivity contribution in [3.63, 3.8) is 0 Å². The summed E-state index contributed by atoms with van der Waals surface area (Å²) in [5.41, 5.74) is 3.32. The number of benzene rings is 1. The maximum atomic E-state index is 12.5. The molecule has 0 amide bonds. The highest BCUT2D eigenvalue weighted by Crippen LogP contribution is 2.30. The number of H-pyrrole nitrogens is 1. The van der Waals surface area contributed by atoms with Crippen molar-refractivity contribution in [2.45, 2.75) is 57.5 Å². The Hall–Kier alpha value is -1.94. The van der Waals surface area contributed by atoms with Crippen molar-refractivity contribution in [3.8, 4) is 0 Å². The van der Waals surface area contributed by atoms with Crippen LogP contribution >= 0.6 is 0 Å². The van der Waals surface area contributed by atoms with Gasteiger partial charge < -0.3 is 4.98 Å². The molecule has 4 nitrogen and oxygen atoms in total. The van der Waals surface area contributed by atoms with Gasteiger partial charge in [0, 0.05) is 31.1 Å². The minimum Gasteiger partial charge on any atom is -0.310 e. The maximum absolute atomic E-state index is 12.5. The monoisotopic (exact) mass is 323 g/mol. The SMILES string of the molecule is O=c1[nH]c(C2CCCCC2)nc2c1CCN(Cc1ccccc1)C2. The molecule has 0 spiro atoms. The molecule has 4 rings (SSSR count). The minimum absolute atomic E-state index is 0.0972. The van der Waals surface area contributed by atoms with Crippen molar-refractivity contribution in [1.82, 2.24) is 14.9 Å². The van der Waals surface area contributed by atoms with Gasteiger partial charge in [0.25, 0.3) is 5.56 Å². The average molecular weight is 323 g/mol. The van der Waals surface area contributed by atoms with Gasteiger partial charge in [0.15, 0.2) is 0 Å². The third-order valence-corrected chi connectivity index (χ3v) is 5.41. The zero-order valence-electron chi connectivity index (χ0n) is 14.1. The number of hydrogen-bond acceptors (Lipinski definition) is 3. The van der Waals surface area contributed by atoms with Crippen LogP contribution in [0.3, 0.4) is 0 Å². The molecule has 1 aromatic heterocycles. The van der Waals surface area contributed by atoms with Crippen LogP contribution < -0.4 is 5.56 Å². The van der Waals surface area contributed by atoms with Crippen molar-refractivity contribution >= 4 is 0 Å². The maximum Gasteiger partial charge on any atom is 0.254 e. The van der Waals surface area contributed by atoms with Crippen molar-refractivity contribution in [3.05, 3.63) is 63.3 Å². The minimum atomic E-state index is 0.0972. The van der Waals surface area contributed by atoms with Crippen LogP contribution in [0.1, 0.15) is 60.7 Å². The van der Waals surface area contributed by atoms with Gasteiger partial charge in [-0.3, -0.25) is 9.69 Å². The number of nitrogens with zero attached hydrogens (tertiary/aromatic N) is 2. The molecule has 126 valence electrons. The molecule has 2 heterocycles. The topological polar surface area (TPSA) is 49.0 Å². The molecule has 0 bridgehead atoms. The van der Waals surface area contributed by atoms with Crippen LogP contribution in [0, 0.1) is 0 Å². The van der Waals surface area contributed by atoms with Crippen molar-refractivity contribution in [2.24, 2.45) is 0 Å². The fourth-order valence-corrected chi connectivity index (χ4v) is 4.06. The second-order valence-corrected chi connectivity index (χ2v) is 7.16. The van der Waals surface area contributed by atoms with Crippen LogP contribution in [0.4, 0.5) is 0 Å². The van der Waals surface area contributed by atoms with E-state index in [9.17, 15) is 4.79 Å². The van der Waals surface area contributed by atoms with Gasteiger partial charge >= 0.3 is 0 Å². The normalized spacial score (nSPS) is 19.2. The van der Waals surface area contributed by atoms with Gasteiger partial charge in [-0.05, 0) is 24.8 Å². The molecular weight excluding hydrogens is 298 g/mol. The van der Waals surface area contributed by atoms with Gasteiger partial charge in [-0.25, -0.2) is 4.98 Å². The van der Waals surface area contributed by atoms with Gasteiger partial charge in [0.05, 0.1) is 5.69 Å². The lowest BCUT2D eigenvalue weighted by Crippen LogP contribution is -2.35. The summed E-state index contributed by atoms with van der Waals surface area (Å²) in [5, 5.41) is 0. The van der Waals surface area contributed by atoms with E-state index in [4.69, 9.17) is 4.98 Å². The number of rotatable bonds is 3. The van der Waals surface area contributed by atoms with Crippen molar-refractivity contribution < 1.29 is 0 Å². The summed E-state index contributed by atoms with van der Waals surface area (Å²) in [4.78, 5) is 22.9. The summed E-state index contributed by atoms with van der Waals surface area (Å²) >= 11 is 0. The molecule has 1 N–H and O–H groups in total. The highest BCUT2D eigenvalue weighted by atomic mass is 16.1. The van der Waals surface area contributed by atoms with Crippen LogP contribution in [0.15, 0.2) is 35.1 Å². The van der Waals surface area contributed by atoms with E-state index in [1.165, 1.54) is 24.8 Å². The first-order valence-corrected chi connectivity index (χ1v) is 9.18. The summed E-state index contributed by atoms with van der Waals surface area (Å²) in [5.74, 6) is 1.38. The van der Waals surface area contributed by atoms with Crippen LogP contribution in [0.2, 0.25) is 0 Å². The Morgan fingerprint density at radius 1 is 1.12 bits per heavy atom. The molecule has 1 aromatic carbocycles. The third-order valence-electron chi connectivity index (χ3n) is 5.41. The standard InChI is InChI=1S/C20H25N3O/c24-20-17-11-12-23(13-15-7-3-1-4-8-15)14-18(17)21-19(22-20)16-9-5-2-6-10-16/h1,3-4,7-8,16H,2,5-6,9-14H2,(H,21,22,24). The molecule has 2 aliphatic rings. The first kappa shape index (κ1) is 15.6. The zero-order valence-corrected chi connectivity index (χ0v) is 14.1. The first-order valence-electron chi connectivity index (χ1n) is 9.18. The van der Waals surface area contributed by atoms with Crippen LogP contribution in [-0.2, 0) is 19.5 Å². The molecule has 1 fully saturated rings. The van der Waals surface area contributed by atoms with Gasteiger partial charge in [-0.15, -0.1) is 0 Å². The lowest BCUT2D eigenvalue weighted by Gasteiger charge is -2.29. The first-order chi connectivity index (χ1) is 11.8. The Morgan fingerprint density at radius 2 is 1.92 bits per heavy atom. The Kier molecular flexibility index (Phi) is 4.48. The predicted octanol–water partition coefficient (Wildman–Crippen LogP) is 3.38. The van der Waals surface area contributed by atoms with E-state index in [2.05, 4.69) is 34.1 Å². The molecule has 1 aliphatic heterocycles. The largest absolute Gasteiger partial charge is 0.310 e. The molecular formula is C20H25N3O. The molecule has 4 heteroatoms. The van der Waals surface area contributed by atoms with Gasteiger partial charge in [0.2, 0.25) is 0 Å². The summed E-state index contributed by atoms with van der Waals surface area (Å²) in [7, 11) is 0. The molecule has 24 heavy (non-hydrogen) atoms. The number of nitrogens with one attached hydrogen (secondary N) is 1. The Balaban J connectivity index is 1.55. The summed E-state index contributed by atoms with van der Waals surface area (Å²) in [6.07, 6.45) is 6.95. The highest BCUT2D eigenvalue weighted by molar-refractivity contribution is 5.23. The quantitative estimate of drug-likeness (QED) is 0.942. The number of aromatic amines is 1. The van der Waals surface area contributed by atoms with E-state index in [-0.39, 0.29) is 5.56 Å². The van der Waals surface area contributed by atoms with Gasteiger partial charge in [0.1, 0.15) is 5.82 Å². The van der Waals surface area contributed by atoms with E-state index in [0.29, 0.717) is 5.92 Å². The Labute approximate surface area is 142 Å². The summed E-state index contributed by atoms with van der Waals surface area (Å²) in [6, 6.07) is 10.5. The fraction of sp³-hybridized carbons (Fsp3) is 0.500. The van der Waals surface area contributed by atoms with Gasteiger partial charge in [-0.2, -0.15) is 0 Å². The lowest BCUT2D eigenvalue weighted by atomic mass is 9.88. The van der Waals surface area contributed by atoms with E-state index in [1.54, 1.807) is 0 Å². The fourth-order valence-electron chi connectivity index (χ4n) is 4.06. The third kappa shape index (κ3) is 3.29. The van der Waals surface area contributed by atoms with Crippen molar-refractivity contribution in [1.29, 1.82) is 0 Å². The highest BCUT2D eigenvalue weighted by Gasteiger charge is 2.24. The second-order valence-electron chi connectivity index (χ2n) is 7.16. The summed E-state index contributed by atoms with van der Waals surface area (Å²) in [6.45, 7) is 2.64. The molecule has 0 saturated heterocycles. The summed E-state index contributed by atoms with van der Waals surface area (Å²) < 4.78 is 0. The second kappa shape index (κ2) is 6.89. The van der Waals surface area contributed by atoms with E-state index in [0.717, 1.165) is 56.0 Å². The number of fused-ring (bicyclic) bond motifs is 1.